The second kappa shape index (κ2) is 6.30. The van der Waals surface area contributed by atoms with Crippen molar-refractivity contribution in [2.75, 3.05) is 0 Å². The summed E-state index contributed by atoms with van der Waals surface area (Å²) in [6, 6.07) is 16.0. The lowest BCUT2D eigenvalue weighted by Crippen LogP contribution is -2.04. The van der Waals surface area contributed by atoms with Gasteiger partial charge in [-0.05, 0) is 12.5 Å². The molecule has 24 heavy (non-hydrogen) atoms. The molecule has 0 unspecified atom stereocenters. The van der Waals surface area contributed by atoms with E-state index in [1.807, 2.05) is 31.2 Å². The van der Waals surface area contributed by atoms with E-state index in [1.54, 1.807) is 16.8 Å². The Morgan fingerprint density at radius 1 is 1.17 bits per heavy atom. The van der Waals surface area contributed by atoms with Gasteiger partial charge in [-0.25, -0.2) is 4.68 Å². The van der Waals surface area contributed by atoms with Gasteiger partial charge in [0.1, 0.15) is 11.8 Å². The Labute approximate surface area is 137 Å². The van der Waals surface area contributed by atoms with E-state index in [1.165, 1.54) is 12.1 Å². The molecule has 7 heteroatoms. The summed E-state index contributed by atoms with van der Waals surface area (Å²) in [6.45, 7) is 2.36. The van der Waals surface area contributed by atoms with Crippen LogP contribution in [-0.4, -0.2) is 19.9 Å². The lowest BCUT2D eigenvalue weighted by atomic mass is 10.1. The second-order valence-electron chi connectivity index (χ2n) is 5.35. The first-order valence-corrected chi connectivity index (χ1v) is 7.22. The van der Waals surface area contributed by atoms with Gasteiger partial charge in [0.05, 0.1) is 11.5 Å². The minimum absolute atomic E-state index is 0.0359. The molecule has 0 N–H and O–H groups in total. The van der Waals surface area contributed by atoms with Gasteiger partial charge in [-0.3, -0.25) is 10.1 Å². The van der Waals surface area contributed by atoms with Crippen LogP contribution in [0.1, 0.15) is 16.8 Å². The molecular weight excluding hydrogens is 306 g/mol. The fourth-order valence-electron chi connectivity index (χ4n) is 2.39. The molecule has 0 bridgehead atoms. The van der Waals surface area contributed by atoms with Crippen molar-refractivity contribution in [2.24, 2.45) is 0 Å². The van der Waals surface area contributed by atoms with Crippen molar-refractivity contribution in [1.29, 1.82) is 5.26 Å². The van der Waals surface area contributed by atoms with Crippen LogP contribution in [-0.2, 0) is 6.54 Å². The van der Waals surface area contributed by atoms with Crippen molar-refractivity contribution in [3.05, 3.63) is 75.5 Å². The lowest BCUT2D eigenvalue weighted by Gasteiger charge is -2.07. The van der Waals surface area contributed by atoms with E-state index >= 15 is 0 Å². The van der Waals surface area contributed by atoms with Crippen LogP contribution in [0.2, 0.25) is 0 Å². The van der Waals surface area contributed by atoms with Crippen molar-refractivity contribution >= 4 is 5.69 Å². The summed E-state index contributed by atoms with van der Waals surface area (Å²) in [4.78, 5) is 10.3. The minimum Gasteiger partial charge on any atom is -0.258 e. The van der Waals surface area contributed by atoms with Crippen molar-refractivity contribution in [1.82, 2.24) is 15.0 Å². The number of rotatable bonds is 4. The van der Waals surface area contributed by atoms with E-state index in [9.17, 15) is 15.4 Å². The fraction of sp³-hybridized carbons (Fsp3) is 0.118. The summed E-state index contributed by atoms with van der Waals surface area (Å²) >= 11 is 0. The van der Waals surface area contributed by atoms with Crippen LogP contribution in [0, 0.1) is 28.4 Å². The number of nitrogens with zero attached hydrogens (tertiary/aromatic N) is 5. The maximum atomic E-state index is 10.7. The second-order valence-corrected chi connectivity index (χ2v) is 5.35. The molecule has 1 aromatic heterocycles. The summed E-state index contributed by atoms with van der Waals surface area (Å²) in [7, 11) is 0. The van der Waals surface area contributed by atoms with E-state index in [0.717, 1.165) is 16.7 Å². The third kappa shape index (κ3) is 2.98. The van der Waals surface area contributed by atoms with Gasteiger partial charge in [-0.15, -0.1) is 5.10 Å². The molecule has 0 aliphatic carbocycles. The van der Waals surface area contributed by atoms with E-state index in [0.29, 0.717) is 12.2 Å². The standard InChI is InChI=1S/C17H13N5O2/c1-12-2-6-14(7-3-12)17-16(10-18)19-20-21(17)11-13-4-8-15(9-5-13)22(23)24/h2-9H,11H2,1H3. The summed E-state index contributed by atoms with van der Waals surface area (Å²) in [5.41, 5.74) is 3.73. The Morgan fingerprint density at radius 3 is 2.42 bits per heavy atom. The van der Waals surface area contributed by atoms with Crippen molar-refractivity contribution in [3.8, 4) is 17.3 Å². The molecule has 0 radical (unpaired) electrons. The fourth-order valence-corrected chi connectivity index (χ4v) is 2.39. The monoisotopic (exact) mass is 319 g/mol. The normalized spacial score (nSPS) is 10.3. The molecule has 3 aromatic rings. The average Bonchev–Trinajstić information content (AvgIpc) is 2.99. The van der Waals surface area contributed by atoms with Crippen LogP contribution in [0.15, 0.2) is 48.5 Å². The maximum Gasteiger partial charge on any atom is 0.269 e. The van der Waals surface area contributed by atoms with E-state index < -0.39 is 4.92 Å². The zero-order valence-corrected chi connectivity index (χ0v) is 12.9. The third-order valence-electron chi connectivity index (χ3n) is 3.65. The Hall–Kier alpha value is -3.53. The maximum absolute atomic E-state index is 10.7. The first-order valence-electron chi connectivity index (χ1n) is 7.22. The van der Waals surface area contributed by atoms with Crippen LogP contribution < -0.4 is 0 Å². The highest BCUT2D eigenvalue weighted by atomic mass is 16.6. The van der Waals surface area contributed by atoms with Gasteiger partial charge in [-0.1, -0.05) is 47.2 Å². The highest BCUT2D eigenvalue weighted by molar-refractivity contribution is 5.65. The number of non-ortho nitro benzene ring substituents is 1. The molecule has 0 fully saturated rings. The van der Waals surface area contributed by atoms with E-state index in [4.69, 9.17) is 0 Å². The smallest absolute Gasteiger partial charge is 0.258 e. The van der Waals surface area contributed by atoms with Crippen molar-refractivity contribution in [2.45, 2.75) is 13.5 Å². The largest absolute Gasteiger partial charge is 0.269 e. The first-order chi connectivity index (χ1) is 11.6. The average molecular weight is 319 g/mol. The number of nitro groups is 1. The highest BCUT2D eigenvalue weighted by Crippen LogP contribution is 2.23. The number of nitro benzene ring substituents is 1. The highest BCUT2D eigenvalue weighted by Gasteiger charge is 2.15. The SMILES string of the molecule is Cc1ccc(-c2c(C#N)nnn2Cc2ccc([N+](=O)[O-])cc2)cc1. The first kappa shape index (κ1) is 15.4. The Kier molecular flexibility index (Phi) is 4.03. The van der Waals surface area contributed by atoms with E-state index in [-0.39, 0.29) is 11.4 Å². The summed E-state index contributed by atoms with van der Waals surface area (Å²) < 4.78 is 1.63. The van der Waals surface area contributed by atoms with E-state index in [2.05, 4.69) is 16.4 Å². The van der Waals surface area contributed by atoms with Crippen LogP contribution in [0.4, 0.5) is 5.69 Å². The topological polar surface area (TPSA) is 97.6 Å². The van der Waals surface area contributed by atoms with Gasteiger partial charge in [-0.2, -0.15) is 5.26 Å². The zero-order valence-electron chi connectivity index (χ0n) is 12.9. The molecule has 7 nitrogen and oxygen atoms in total. The van der Waals surface area contributed by atoms with Crippen LogP contribution >= 0.6 is 0 Å². The number of hydrogen-bond donors (Lipinski definition) is 0. The Bertz CT molecular complexity index is 921. The van der Waals surface area contributed by atoms with Gasteiger partial charge in [0.25, 0.3) is 5.69 Å². The number of hydrogen-bond acceptors (Lipinski definition) is 5. The molecule has 2 aromatic carbocycles. The molecule has 3 rings (SSSR count). The molecule has 0 saturated heterocycles. The summed E-state index contributed by atoms with van der Waals surface area (Å²) in [6.07, 6.45) is 0. The molecule has 0 saturated carbocycles. The molecule has 0 atom stereocenters. The van der Waals surface area contributed by atoms with Crippen molar-refractivity contribution in [3.63, 3.8) is 0 Å². The molecule has 0 aliphatic heterocycles. The quantitative estimate of drug-likeness (QED) is 0.543. The van der Waals surface area contributed by atoms with Crippen LogP contribution in [0.3, 0.4) is 0 Å². The number of nitriles is 1. The molecular formula is C17H13N5O2. The predicted octanol–water partition coefficient (Wildman–Crippen LogP) is 3.08. The van der Waals surface area contributed by atoms with Gasteiger partial charge >= 0.3 is 0 Å². The van der Waals surface area contributed by atoms with Gasteiger partial charge < -0.3 is 0 Å². The Balaban J connectivity index is 1.97. The number of aryl methyl sites for hydroxylation is 1. The minimum atomic E-state index is -0.440. The third-order valence-corrected chi connectivity index (χ3v) is 3.65. The zero-order chi connectivity index (χ0) is 17.1. The van der Waals surface area contributed by atoms with Gasteiger partial charge in [0.2, 0.25) is 0 Å². The summed E-state index contributed by atoms with van der Waals surface area (Å²) in [5.74, 6) is 0. The summed E-state index contributed by atoms with van der Waals surface area (Å²) in [5, 5.41) is 28.0. The number of aromatic nitrogens is 3. The molecule has 0 amide bonds. The van der Waals surface area contributed by atoms with Crippen molar-refractivity contribution < 1.29 is 4.92 Å². The Morgan fingerprint density at radius 2 is 1.83 bits per heavy atom. The molecule has 0 spiro atoms. The predicted molar refractivity (Wildman–Crippen MR) is 87.1 cm³/mol. The van der Waals surface area contributed by atoms with Gasteiger partial charge in [0, 0.05) is 17.7 Å². The molecule has 118 valence electrons. The van der Waals surface area contributed by atoms with Gasteiger partial charge in [0.15, 0.2) is 5.69 Å². The van der Waals surface area contributed by atoms with Crippen LogP contribution in [0.5, 0.6) is 0 Å². The number of benzene rings is 2. The van der Waals surface area contributed by atoms with Crippen LogP contribution in [0.25, 0.3) is 11.3 Å². The lowest BCUT2D eigenvalue weighted by molar-refractivity contribution is -0.384. The molecule has 1 heterocycles. The molecule has 0 aliphatic rings.